The van der Waals surface area contributed by atoms with Crippen LogP contribution in [0, 0.1) is 0 Å². The molecule has 0 saturated carbocycles. The van der Waals surface area contributed by atoms with Gasteiger partial charge in [0.1, 0.15) is 6.61 Å². The van der Waals surface area contributed by atoms with Gasteiger partial charge in [-0.15, -0.1) is 0 Å². The molecule has 1 aromatic carbocycles. The second-order valence-corrected chi connectivity index (χ2v) is 6.41. The van der Waals surface area contributed by atoms with Gasteiger partial charge < -0.3 is 14.5 Å². The average molecular weight is 351 g/mol. The van der Waals surface area contributed by atoms with Crippen LogP contribution in [-0.4, -0.2) is 50.2 Å². The Balaban J connectivity index is 1.92. The van der Waals surface area contributed by atoms with E-state index in [1.807, 2.05) is 25.1 Å². The van der Waals surface area contributed by atoms with Crippen LogP contribution in [0.3, 0.4) is 0 Å². The second-order valence-electron chi connectivity index (χ2n) is 6.00. The number of anilines is 1. The minimum atomic E-state index is -0.315. The minimum Gasteiger partial charge on any atom is -0.464 e. The van der Waals surface area contributed by atoms with E-state index in [0.29, 0.717) is 11.6 Å². The number of esters is 1. The highest BCUT2D eigenvalue weighted by molar-refractivity contribution is 6.33. The van der Waals surface area contributed by atoms with Crippen LogP contribution in [0.1, 0.15) is 32.3 Å². The molecule has 0 amide bonds. The van der Waals surface area contributed by atoms with Crippen LogP contribution in [0.4, 0.5) is 5.69 Å². The molecule has 2 rings (SSSR count). The van der Waals surface area contributed by atoms with Gasteiger partial charge in [0.05, 0.1) is 16.6 Å². The molecular formula is C19H27ClN2O2. The summed E-state index contributed by atoms with van der Waals surface area (Å²) < 4.78 is 5.42. The van der Waals surface area contributed by atoms with Crippen molar-refractivity contribution in [2.45, 2.75) is 26.7 Å². The molecule has 0 N–H and O–H groups in total. The molecule has 0 aliphatic carbocycles. The van der Waals surface area contributed by atoms with Crippen LogP contribution in [-0.2, 0) is 9.53 Å². The Morgan fingerprint density at radius 3 is 2.54 bits per heavy atom. The maximum absolute atomic E-state index is 12.2. The number of rotatable bonds is 8. The molecule has 0 fully saturated rings. The van der Waals surface area contributed by atoms with Gasteiger partial charge >= 0.3 is 5.97 Å². The monoisotopic (exact) mass is 350 g/mol. The largest absolute Gasteiger partial charge is 0.464 e. The average Bonchev–Trinajstić information content (AvgIpc) is 3.12. The van der Waals surface area contributed by atoms with Crippen molar-refractivity contribution in [1.29, 1.82) is 0 Å². The summed E-state index contributed by atoms with van der Waals surface area (Å²) in [5.41, 5.74) is 1.90. The Morgan fingerprint density at radius 1 is 1.29 bits per heavy atom. The summed E-state index contributed by atoms with van der Waals surface area (Å²) in [5.74, 6) is -0.515. The molecule has 5 heteroatoms. The lowest BCUT2D eigenvalue weighted by Gasteiger charge is -2.21. The van der Waals surface area contributed by atoms with Gasteiger partial charge in [0, 0.05) is 19.6 Å². The van der Waals surface area contributed by atoms with E-state index in [-0.39, 0.29) is 11.9 Å². The summed E-state index contributed by atoms with van der Waals surface area (Å²) in [4.78, 5) is 16.7. The van der Waals surface area contributed by atoms with E-state index < -0.39 is 0 Å². The lowest BCUT2D eigenvalue weighted by molar-refractivity contribution is -0.145. The molecule has 0 bridgehead atoms. The zero-order valence-corrected chi connectivity index (χ0v) is 15.6. The minimum absolute atomic E-state index is 0.200. The highest BCUT2D eigenvalue weighted by Crippen LogP contribution is 2.31. The smallest absolute Gasteiger partial charge is 0.313 e. The predicted octanol–water partition coefficient (Wildman–Crippen LogP) is 3.70. The molecular weight excluding hydrogens is 324 g/mol. The van der Waals surface area contributed by atoms with Crippen molar-refractivity contribution in [2.24, 2.45) is 0 Å². The third-order valence-electron chi connectivity index (χ3n) is 4.53. The third-order valence-corrected chi connectivity index (χ3v) is 4.83. The SMILES string of the molecule is CCN(CC)CCOC(=O)C(C)c1ccc(N2CC=CC2)c(Cl)c1. The normalized spacial score (nSPS) is 15.1. The number of halogens is 1. The molecule has 24 heavy (non-hydrogen) atoms. The fourth-order valence-electron chi connectivity index (χ4n) is 2.80. The summed E-state index contributed by atoms with van der Waals surface area (Å²) in [6.07, 6.45) is 4.25. The van der Waals surface area contributed by atoms with Crippen molar-refractivity contribution in [3.05, 3.63) is 40.9 Å². The van der Waals surface area contributed by atoms with Crippen molar-refractivity contribution in [2.75, 3.05) is 44.2 Å². The number of hydrogen-bond donors (Lipinski definition) is 0. The number of carbonyl (C=O) groups excluding carboxylic acids is 1. The third kappa shape index (κ3) is 4.74. The lowest BCUT2D eigenvalue weighted by Crippen LogP contribution is -2.28. The van der Waals surface area contributed by atoms with E-state index in [9.17, 15) is 4.79 Å². The van der Waals surface area contributed by atoms with Gasteiger partial charge in [-0.05, 0) is 37.7 Å². The van der Waals surface area contributed by atoms with E-state index >= 15 is 0 Å². The van der Waals surface area contributed by atoms with Gasteiger partial charge in [-0.1, -0.05) is 43.7 Å². The fourth-order valence-corrected chi connectivity index (χ4v) is 3.11. The Labute approximate surface area is 150 Å². The number of benzene rings is 1. The zero-order valence-electron chi connectivity index (χ0n) is 14.8. The first-order valence-electron chi connectivity index (χ1n) is 8.65. The molecule has 1 aliphatic heterocycles. The summed E-state index contributed by atoms with van der Waals surface area (Å²) in [6.45, 7) is 11.0. The van der Waals surface area contributed by atoms with Crippen molar-refractivity contribution in [3.63, 3.8) is 0 Å². The van der Waals surface area contributed by atoms with Gasteiger partial charge in [-0.25, -0.2) is 0 Å². The highest BCUT2D eigenvalue weighted by atomic mass is 35.5. The molecule has 1 atom stereocenters. The number of ether oxygens (including phenoxy) is 1. The van der Waals surface area contributed by atoms with E-state index in [4.69, 9.17) is 16.3 Å². The highest BCUT2D eigenvalue weighted by Gasteiger charge is 2.19. The maximum Gasteiger partial charge on any atom is 0.313 e. The molecule has 0 radical (unpaired) electrons. The standard InChI is InChI=1S/C19H27ClN2O2/c1-4-21(5-2)12-13-24-19(23)15(3)16-8-9-18(17(20)14-16)22-10-6-7-11-22/h6-9,14-15H,4-5,10-13H2,1-3H3. The van der Waals surface area contributed by atoms with E-state index in [1.165, 1.54) is 0 Å². The van der Waals surface area contributed by atoms with Gasteiger partial charge in [-0.2, -0.15) is 0 Å². The van der Waals surface area contributed by atoms with Crippen LogP contribution < -0.4 is 4.90 Å². The molecule has 1 unspecified atom stereocenters. The maximum atomic E-state index is 12.2. The summed E-state index contributed by atoms with van der Waals surface area (Å²) >= 11 is 6.41. The summed E-state index contributed by atoms with van der Waals surface area (Å²) in [7, 11) is 0. The van der Waals surface area contributed by atoms with Crippen LogP contribution in [0.5, 0.6) is 0 Å². The molecule has 132 valence electrons. The molecule has 0 saturated heterocycles. The number of hydrogen-bond acceptors (Lipinski definition) is 4. The molecule has 1 aromatic rings. The Hall–Kier alpha value is -1.52. The Morgan fingerprint density at radius 2 is 1.96 bits per heavy atom. The van der Waals surface area contributed by atoms with Crippen LogP contribution in [0.15, 0.2) is 30.4 Å². The first-order valence-corrected chi connectivity index (χ1v) is 9.03. The van der Waals surface area contributed by atoms with Gasteiger partial charge in [-0.3, -0.25) is 4.79 Å². The number of likely N-dealkylation sites (N-methyl/N-ethyl adjacent to an activating group) is 1. The topological polar surface area (TPSA) is 32.8 Å². The molecule has 4 nitrogen and oxygen atoms in total. The first kappa shape index (κ1) is 18.8. The number of nitrogens with zero attached hydrogens (tertiary/aromatic N) is 2. The van der Waals surface area contributed by atoms with Gasteiger partial charge in [0.25, 0.3) is 0 Å². The van der Waals surface area contributed by atoms with E-state index in [1.54, 1.807) is 0 Å². The number of carbonyl (C=O) groups is 1. The summed E-state index contributed by atoms with van der Waals surface area (Å²) in [6, 6.07) is 5.84. The van der Waals surface area contributed by atoms with E-state index in [2.05, 4.69) is 35.8 Å². The van der Waals surface area contributed by atoms with Crippen LogP contribution in [0.25, 0.3) is 0 Å². The second kappa shape index (κ2) is 9.09. The first-order chi connectivity index (χ1) is 11.6. The predicted molar refractivity (Wildman–Crippen MR) is 100.0 cm³/mol. The fraction of sp³-hybridized carbons (Fsp3) is 0.526. The summed E-state index contributed by atoms with van der Waals surface area (Å²) in [5, 5.41) is 0.680. The molecule has 0 spiro atoms. The Bertz CT molecular complexity index is 577. The molecule has 1 aliphatic rings. The van der Waals surface area contributed by atoms with Crippen molar-refractivity contribution >= 4 is 23.3 Å². The van der Waals surface area contributed by atoms with E-state index in [0.717, 1.165) is 44.0 Å². The van der Waals surface area contributed by atoms with Crippen molar-refractivity contribution in [1.82, 2.24) is 4.90 Å². The molecule has 0 aromatic heterocycles. The zero-order chi connectivity index (χ0) is 17.5. The van der Waals surface area contributed by atoms with Crippen molar-refractivity contribution in [3.8, 4) is 0 Å². The van der Waals surface area contributed by atoms with Gasteiger partial charge in [0.15, 0.2) is 0 Å². The van der Waals surface area contributed by atoms with Crippen molar-refractivity contribution < 1.29 is 9.53 Å². The van der Waals surface area contributed by atoms with Gasteiger partial charge in [0.2, 0.25) is 0 Å². The quantitative estimate of drug-likeness (QED) is 0.528. The molecule has 1 heterocycles. The Kier molecular flexibility index (Phi) is 7.13. The van der Waals surface area contributed by atoms with Crippen LogP contribution in [0.2, 0.25) is 5.02 Å². The van der Waals surface area contributed by atoms with Crippen LogP contribution >= 0.6 is 11.6 Å². The lowest BCUT2D eigenvalue weighted by atomic mass is 10.0.